The number of methoxy groups -OCH3 is 3. The number of cyclic esters (lactones) is 1. The molecule has 3 N–H and O–H groups in total. The molecular weight excluding hydrogens is 718 g/mol. The molecule has 12 heteroatoms. The predicted octanol–water partition coefficient (Wildman–Crippen LogP) is 5.46. The van der Waals surface area contributed by atoms with Crippen molar-refractivity contribution in [2.75, 3.05) is 27.9 Å². The van der Waals surface area contributed by atoms with Gasteiger partial charge in [-0.3, -0.25) is 9.59 Å². The smallest absolute Gasteiger partial charge is 0.329 e. The summed E-state index contributed by atoms with van der Waals surface area (Å²) in [6.07, 6.45) is 6.53. The van der Waals surface area contributed by atoms with Crippen molar-refractivity contribution in [3.05, 3.63) is 36.0 Å². The Labute approximate surface area is 335 Å². The second-order valence-electron chi connectivity index (χ2n) is 17.4. The molecule has 4 aliphatic rings. The summed E-state index contributed by atoms with van der Waals surface area (Å²) in [4.78, 5) is 43.9. The maximum atomic E-state index is 14.3. The van der Waals surface area contributed by atoms with Gasteiger partial charge in [0.25, 0.3) is 0 Å². The first-order chi connectivity index (χ1) is 26.5. The van der Waals surface area contributed by atoms with Gasteiger partial charge in [0.15, 0.2) is 5.79 Å². The van der Waals surface area contributed by atoms with Gasteiger partial charge in [-0.25, -0.2) is 4.79 Å². The van der Waals surface area contributed by atoms with Crippen molar-refractivity contribution in [1.29, 1.82) is 0 Å². The maximum Gasteiger partial charge on any atom is 0.329 e. The molecule has 4 rings (SSSR count). The number of Topliss-reactive ketones (excluding diaryl/α,β-unsaturated/α-hetero) is 1. The number of fused-ring (bicyclic) bond motifs is 3. The topological polar surface area (TPSA) is 161 Å². The summed E-state index contributed by atoms with van der Waals surface area (Å²) in [5.74, 6) is -4.46. The van der Waals surface area contributed by atoms with Crippen LogP contribution in [0.2, 0.25) is 0 Å². The lowest BCUT2D eigenvalue weighted by molar-refractivity contribution is -0.321. The SMILES string of the molecule is C=CC[C@@H]1/C=C(\C)C[C@H](C)C[C@H](OC)[C@H]2O[C@@](O)(CC(=O)N3CCCC[C@H]3C(=O)O[C@H](/C(C)=C/[C@@H]3CC[C@@H](O)[C@H](OC)C3)[C@H](C)[C@@H](O)CC1=O)[C@H](C)C[C@@H]2OC. The fourth-order valence-electron chi connectivity index (χ4n) is 9.51. The fraction of sp³-hybridized carbons (Fsp3) is 0.795. The zero-order valence-corrected chi connectivity index (χ0v) is 35.2. The molecule has 0 spiro atoms. The second-order valence-corrected chi connectivity index (χ2v) is 17.4. The number of esters is 1. The third-order valence-corrected chi connectivity index (χ3v) is 12.9. The van der Waals surface area contributed by atoms with Crippen LogP contribution in [-0.2, 0) is 38.1 Å². The minimum atomic E-state index is -1.83. The van der Waals surface area contributed by atoms with Crippen molar-refractivity contribution in [3.63, 3.8) is 0 Å². The molecule has 2 bridgehead atoms. The van der Waals surface area contributed by atoms with Gasteiger partial charge in [0.05, 0.1) is 36.9 Å². The lowest BCUT2D eigenvalue weighted by Gasteiger charge is -2.48. The highest BCUT2D eigenvalue weighted by Crippen LogP contribution is 2.40. The number of hydrogen-bond acceptors (Lipinski definition) is 11. The third kappa shape index (κ3) is 11.6. The molecule has 3 heterocycles. The van der Waals surface area contributed by atoms with E-state index in [9.17, 15) is 29.7 Å². The largest absolute Gasteiger partial charge is 0.456 e. The van der Waals surface area contributed by atoms with Gasteiger partial charge in [-0.2, -0.15) is 0 Å². The number of hydrogen-bond donors (Lipinski definition) is 3. The molecule has 14 atom stereocenters. The Morgan fingerprint density at radius 1 is 0.946 bits per heavy atom. The molecule has 0 radical (unpaired) electrons. The fourth-order valence-corrected chi connectivity index (χ4v) is 9.51. The van der Waals surface area contributed by atoms with Crippen LogP contribution >= 0.6 is 0 Å². The highest BCUT2D eigenvalue weighted by molar-refractivity contribution is 5.85. The van der Waals surface area contributed by atoms with Crippen LogP contribution in [0, 0.1) is 29.6 Å². The molecule has 1 amide bonds. The standard InChI is InChI=1S/C44H71NO11/c1-10-13-32-19-26(2)18-27(3)20-38(53-8)42-39(54-9)22-29(5)44(51,56-42)25-40(49)45-17-12-11-14-33(45)43(50)55-41(30(6)35(47)24-36(32)48)28(4)21-31-15-16-34(46)37(23-31)52-7/h10,19,21,27,29-35,37-39,41-42,46-47,51H,1,11-18,20,22-25H2,2-9H3/b26-19+,28-21+/t27-,29+,30+,31-,32+,33-,34+,35-,37+,38-,39-,41+,42+,44-/m0/s1. The van der Waals surface area contributed by atoms with Crippen LogP contribution in [0.25, 0.3) is 0 Å². The van der Waals surface area contributed by atoms with Crippen LogP contribution in [0.3, 0.4) is 0 Å². The Morgan fingerprint density at radius 3 is 2.29 bits per heavy atom. The number of amides is 1. The van der Waals surface area contributed by atoms with E-state index in [0.29, 0.717) is 70.8 Å². The van der Waals surface area contributed by atoms with Crippen molar-refractivity contribution >= 4 is 17.7 Å². The molecule has 3 fully saturated rings. The Morgan fingerprint density at radius 2 is 1.62 bits per heavy atom. The van der Waals surface area contributed by atoms with E-state index in [1.54, 1.807) is 34.3 Å². The number of rotatable bonds is 7. The number of ketones is 1. The quantitative estimate of drug-likeness (QED) is 0.222. The molecule has 0 aromatic carbocycles. The Hall–Kier alpha value is -2.45. The molecule has 1 aliphatic carbocycles. The first kappa shape index (κ1) is 46.2. The predicted molar refractivity (Wildman–Crippen MR) is 212 cm³/mol. The Kier molecular flexibility index (Phi) is 17.3. The molecule has 3 aliphatic heterocycles. The molecule has 2 saturated heterocycles. The Bertz CT molecular complexity index is 1400. The summed E-state index contributed by atoms with van der Waals surface area (Å²) in [5, 5.41) is 34.2. The number of carbonyl (C=O) groups is 3. The lowest BCUT2D eigenvalue weighted by Crippen LogP contribution is -2.59. The van der Waals surface area contributed by atoms with Gasteiger partial charge in [0.1, 0.15) is 24.0 Å². The number of allylic oxidation sites excluding steroid dienone is 4. The van der Waals surface area contributed by atoms with Crippen LogP contribution in [0.4, 0.5) is 0 Å². The van der Waals surface area contributed by atoms with Crippen LogP contribution in [-0.4, -0.2) is 120 Å². The molecule has 1 saturated carbocycles. The zero-order chi connectivity index (χ0) is 41.3. The molecule has 0 unspecified atom stereocenters. The summed E-state index contributed by atoms with van der Waals surface area (Å²) in [6.45, 7) is 13.8. The lowest BCUT2D eigenvalue weighted by atomic mass is 9.81. The minimum absolute atomic E-state index is 0.0378. The first-order valence-electron chi connectivity index (χ1n) is 20.9. The van der Waals surface area contributed by atoms with Crippen LogP contribution in [0.15, 0.2) is 36.0 Å². The second kappa shape index (κ2) is 21.0. The van der Waals surface area contributed by atoms with E-state index in [1.807, 2.05) is 32.9 Å². The normalized spacial score (nSPS) is 41.4. The van der Waals surface area contributed by atoms with E-state index in [4.69, 9.17) is 23.7 Å². The van der Waals surface area contributed by atoms with Gasteiger partial charge in [-0.05, 0) is 95.5 Å². The Balaban J connectivity index is 1.74. The van der Waals surface area contributed by atoms with E-state index < -0.39 is 72.0 Å². The molecule has 318 valence electrons. The van der Waals surface area contributed by atoms with Gasteiger partial charge < -0.3 is 43.9 Å². The first-order valence-corrected chi connectivity index (χ1v) is 20.9. The number of carbonyl (C=O) groups excluding carboxylic acids is 3. The average Bonchev–Trinajstić information content (AvgIpc) is 3.16. The average molecular weight is 790 g/mol. The van der Waals surface area contributed by atoms with Crippen LogP contribution in [0.1, 0.15) is 112 Å². The zero-order valence-electron chi connectivity index (χ0n) is 35.2. The van der Waals surface area contributed by atoms with E-state index >= 15 is 0 Å². The molecule has 12 nitrogen and oxygen atoms in total. The van der Waals surface area contributed by atoms with Gasteiger partial charge in [-0.1, -0.05) is 44.6 Å². The summed E-state index contributed by atoms with van der Waals surface area (Å²) >= 11 is 0. The highest BCUT2D eigenvalue weighted by Gasteiger charge is 2.51. The maximum absolute atomic E-state index is 14.3. The molecule has 56 heavy (non-hydrogen) atoms. The highest BCUT2D eigenvalue weighted by atomic mass is 16.7. The minimum Gasteiger partial charge on any atom is -0.456 e. The van der Waals surface area contributed by atoms with E-state index in [2.05, 4.69) is 13.5 Å². The van der Waals surface area contributed by atoms with Crippen molar-refractivity contribution < 1.29 is 53.4 Å². The summed E-state index contributed by atoms with van der Waals surface area (Å²) in [5.41, 5.74) is 1.73. The number of piperidine rings is 1. The van der Waals surface area contributed by atoms with Crippen molar-refractivity contribution in [2.45, 2.75) is 166 Å². The van der Waals surface area contributed by atoms with Gasteiger partial charge in [-0.15, -0.1) is 6.58 Å². The number of nitrogens with zero attached hydrogens (tertiary/aromatic N) is 1. The van der Waals surface area contributed by atoms with Crippen LogP contribution < -0.4 is 0 Å². The monoisotopic (exact) mass is 790 g/mol. The number of aliphatic hydroxyl groups is 3. The van der Waals surface area contributed by atoms with Crippen molar-refractivity contribution in [2.24, 2.45) is 29.6 Å². The molecular formula is C44H71NO11. The summed E-state index contributed by atoms with van der Waals surface area (Å²) in [7, 11) is 4.80. The summed E-state index contributed by atoms with van der Waals surface area (Å²) in [6, 6.07) is -0.906. The molecule has 0 aromatic rings. The van der Waals surface area contributed by atoms with E-state index in [-0.39, 0.29) is 42.7 Å². The molecule has 0 aromatic heterocycles. The van der Waals surface area contributed by atoms with Gasteiger partial charge >= 0.3 is 5.97 Å². The van der Waals surface area contributed by atoms with Crippen LogP contribution in [0.5, 0.6) is 0 Å². The van der Waals surface area contributed by atoms with Gasteiger partial charge in [0.2, 0.25) is 5.91 Å². The third-order valence-electron chi connectivity index (χ3n) is 12.9. The van der Waals surface area contributed by atoms with Crippen molar-refractivity contribution in [1.82, 2.24) is 4.90 Å². The van der Waals surface area contributed by atoms with Crippen molar-refractivity contribution in [3.8, 4) is 0 Å². The summed E-state index contributed by atoms with van der Waals surface area (Å²) < 4.78 is 30.2. The number of ether oxygens (including phenoxy) is 5. The van der Waals surface area contributed by atoms with E-state index in [0.717, 1.165) is 11.1 Å². The van der Waals surface area contributed by atoms with Gasteiger partial charge in [0, 0.05) is 52.0 Å². The van der Waals surface area contributed by atoms with E-state index in [1.165, 1.54) is 4.90 Å². The number of aliphatic hydroxyl groups excluding tert-OH is 2.